The summed E-state index contributed by atoms with van der Waals surface area (Å²) in [4.78, 5) is 0. The van der Waals surface area contributed by atoms with Crippen LogP contribution in [-0.4, -0.2) is 23.9 Å². The molecule has 1 saturated carbocycles. The number of aliphatic hydroxyl groups is 1. The normalized spacial score (nSPS) is 37.0. The van der Waals surface area contributed by atoms with Crippen LogP contribution in [0.5, 0.6) is 0 Å². The molecule has 15 heavy (non-hydrogen) atoms. The molecule has 0 bridgehead atoms. The quantitative estimate of drug-likeness (QED) is 0.776. The summed E-state index contributed by atoms with van der Waals surface area (Å²) in [6.07, 6.45) is 11.5. The van der Waals surface area contributed by atoms with Crippen molar-refractivity contribution in [2.24, 2.45) is 5.92 Å². The standard InChI is InChI=1S/C13H24O2/c14-13-9-2-1-5-11(13)6-3-7-12-8-4-10-15-12/h11-14H,1-10H2. The fourth-order valence-corrected chi connectivity index (χ4v) is 3.00. The largest absolute Gasteiger partial charge is 0.393 e. The minimum atomic E-state index is -0.0109. The Hall–Kier alpha value is -0.0800. The second-order valence-corrected chi connectivity index (χ2v) is 5.18. The summed E-state index contributed by atoms with van der Waals surface area (Å²) in [5.41, 5.74) is 0. The summed E-state index contributed by atoms with van der Waals surface area (Å²) in [6, 6.07) is 0. The lowest BCUT2D eigenvalue weighted by atomic mass is 9.83. The summed E-state index contributed by atoms with van der Waals surface area (Å²) >= 11 is 0. The van der Waals surface area contributed by atoms with E-state index in [1.54, 1.807) is 0 Å². The SMILES string of the molecule is OC1CCCCC1CCCC1CCCO1. The molecule has 3 atom stereocenters. The lowest BCUT2D eigenvalue weighted by Gasteiger charge is -2.27. The third kappa shape index (κ3) is 3.46. The van der Waals surface area contributed by atoms with E-state index in [4.69, 9.17) is 4.74 Å². The fraction of sp³-hybridized carbons (Fsp3) is 1.00. The molecule has 1 saturated heterocycles. The van der Waals surface area contributed by atoms with Crippen molar-refractivity contribution in [1.82, 2.24) is 0 Å². The van der Waals surface area contributed by atoms with Gasteiger partial charge in [-0.15, -0.1) is 0 Å². The van der Waals surface area contributed by atoms with Crippen LogP contribution in [0.4, 0.5) is 0 Å². The second-order valence-electron chi connectivity index (χ2n) is 5.18. The van der Waals surface area contributed by atoms with E-state index in [2.05, 4.69) is 0 Å². The van der Waals surface area contributed by atoms with Gasteiger partial charge in [-0.2, -0.15) is 0 Å². The van der Waals surface area contributed by atoms with E-state index in [9.17, 15) is 5.11 Å². The molecule has 1 N–H and O–H groups in total. The third-order valence-corrected chi connectivity index (χ3v) is 3.99. The van der Waals surface area contributed by atoms with Gasteiger partial charge in [0, 0.05) is 6.61 Å². The summed E-state index contributed by atoms with van der Waals surface area (Å²) in [5.74, 6) is 0.583. The summed E-state index contributed by atoms with van der Waals surface area (Å²) in [5, 5.41) is 9.83. The Morgan fingerprint density at radius 1 is 1.00 bits per heavy atom. The predicted molar refractivity (Wildman–Crippen MR) is 60.8 cm³/mol. The number of hydrogen-bond acceptors (Lipinski definition) is 2. The summed E-state index contributed by atoms with van der Waals surface area (Å²) in [6.45, 7) is 0.969. The maximum atomic E-state index is 9.83. The fourth-order valence-electron chi connectivity index (χ4n) is 3.00. The molecule has 1 heterocycles. The molecule has 0 amide bonds. The molecule has 88 valence electrons. The monoisotopic (exact) mass is 212 g/mol. The van der Waals surface area contributed by atoms with Crippen molar-refractivity contribution in [2.75, 3.05) is 6.61 Å². The van der Waals surface area contributed by atoms with E-state index < -0.39 is 0 Å². The van der Waals surface area contributed by atoms with Gasteiger partial charge in [-0.1, -0.05) is 19.3 Å². The van der Waals surface area contributed by atoms with Gasteiger partial charge in [0.15, 0.2) is 0 Å². The highest BCUT2D eigenvalue weighted by Crippen LogP contribution is 2.29. The van der Waals surface area contributed by atoms with E-state index in [0.717, 1.165) is 13.0 Å². The van der Waals surface area contributed by atoms with Crippen LogP contribution >= 0.6 is 0 Å². The zero-order valence-corrected chi connectivity index (χ0v) is 9.66. The number of hydrogen-bond donors (Lipinski definition) is 1. The van der Waals surface area contributed by atoms with Crippen molar-refractivity contribution in [3.05, 3.63) is 0 Å². The van der Waals surface area contributed by atoms with Crippen LogP contribution in [0.3, 0.4) is 0 Å². The Balaban J connectivity index is 1.59. The molecule has 0 aromatic carbocycles. The minimum absolute atomic E-state index is 0.0109. The first-order valence-corrected chi connectivity index (χ1v) is 6.66. The molecule has 2 fully saturated rings. The van der Waals surface area contributed by atoms with Crippen LogP contribution in [0.25, 0.3) is 0 Å². The van der Waals surface area contributed by atoms with E-state index in [0.29, 0.717) is 12.0 Å². The first kappa shape index (κ1) is 11.4. The van der Waals surface area contributed by atoms with Gasteiger partial charge in [-0.05, 0) is 44.4 Å². The number of rotatable bonds is 4. The molecule has 3 unspecified atom stereocenters. The van der Waals surface area contributed by atoms with Gasteiger partial charge >= 0.3 is 0 Å². The molecular weight excluding hydrogens is 188 g/mol. The summed E-state index contributed by atoms with van der Waals surface area (Å²) in [7, 11) is 0. The van der Waals surface area contributed by atoms with Crippen molar-refractivity contribution in [3.63, 3.8) is 0 Å². The first-order valence-electron chi connectivity index (χ1n) is 6.66. The lowest BCUT2D eigenvalue weighted by Crippen LogP contribution is -2.24. The highest BCUT2D eigenvalue weighted by Gasteiger charge is 2.23. The third-order valence-electron chi connectivity index (χ3n) is 3.99. The van der Waals surface area contributed by atoms with E-state index in [-0.39, 0.29) is 6.10 Å². The Labute approximate surface area is 93.0 Å². The molecule has 0 radical (unpaired) electrons. The topological polar surface area (TPSA) is 29.5 Å². The molecular formula is C13H24O2. The van der Waals surface area contributed by atoms with Gasteiger partial charge in [-0.25, -0.2) is 0 Å². The van der Waals surface area contributed by atoms with Crippen molar-refractivity contribution in [2.45, 2.75) is 70.0 Å². The van der Waals surface area contributed by atoms with Gasteiger partial charge in [0.1, 0.15) is 0 Å². The zero-order chi connectivity index (χ0) is 10.5. The van der Waals surface area contributed by atoms with E-state index >= 15 is 0 Å². The number of ether oxygens (including phenoxy) is 1. The minimum Gasteiger partial charge on any atom is -0.393 e. The molecule has 2 nitrogen and oxygen atoms in total. The highest BCUT2D eigenvalue weighted by molar-refractivity contribution is 4.75. The zero-order valence-electron chi connectivity index (χ0n) is 9.66. The Morgan fingerprint density at radius 2 is 1.87 bits per heavy atom. The van der Waals surface area contributed by atoms with E-state index in [1.807, 2.05) is 0 Å². The van der Waals surface area contributed by atoms with Gasteiger partial charge in [0.25, 0.3) is 0 Å². The predicted octanol–water partition coefficient (Wildman–Crippen LogP) is 2.89. The van der Waals surface area contributed by atoms with Crippen molar-refractivity contribution in [1.29, 1.82) is 0 Å². The second kappa shape index (κ2) is 5.86. The van der Waals surface area contributed by atoms with Gasteiger partial charge < -0.3 is 9.84 Å². The Morgan fingerprint density at radius 3 is 2.60 bits per heavy atom. The first-order chi connectivity index (χ1) is 7.36. The Kier molecular flexibility index (Phi) is 4.45. The van der Waals surface area contributed by atoms with Crippen molar-refractivity contribution < 1.29 is 9.84 Å². The van der Waals surface area contributed by atoms with Gasteiger partial charge in [-0.3, -0.25) is 0 Å². The lowest BCUT2D eigenvalue weighted by molar-refractivity contribution is 0.0577. The molecule has 1 aliphatic carbocycles. The van der Waals surface area contributed by atoms with Crippen LogP contribution in [0.15, 0.2) is 0 Å². The maximum Gasteiger partial charge on any atom is 0.0576 e. The van der Waals surface area contributed by atoms with Gasteiger partial charge in [0.05, 0.1) is 12.2 Å². The Bertz CT molecular complexity index is 175. The molecule has 2 heteroatoms. The molecule has 1 aliphatic heterocycles. The van der Waals surface area contributed by atoms with E-state index in [1.165, 1.54) is 51.4 Å². The van der Waals surface area contributed by atoms with Crippen LogP contribution in [-0.2, 0) is 4.74 Å². The maximum absolute atomic E-state index is 9.83. The van der Waals surface area contributed by atoms with Crippen LogP contribution in [0.1, 0.15) is 57.8 Å². The van der Waals surface area contributed by atoms with Crippen LogP contribution in [0.2, 0.25) is 0 Å². The van der Waals surface area contributed by atoms with Crippen LogP contribution < -0.4 is 0 Å². The summed E-state index contributed by atoms with van der Waals surface area (Å²) < 4.78 is 5.61. The highest BCUT2D eigenvalue weighted by atomic mass is 16.5. The smallest absolute Gasteiger partial charge is 0.0576 e. The average molecular weight is 212 g/mol. The molecule has 0 aromatic heterocycles. The number of aliphatic hydroxyl groups excluding tert-OH is 1. The van der Waals surface area contributed by atoms with Crippen molar-refractivity contribution >= 4 is 0 Å². The molecule has 2 rings (SSSR count). The van der Waals surface area contributed by atoms with Crippen molar-refractivity contribution in [3.8, 4) is 0 Å². The van der Waals surface area contributed by atoms with Crippen LogP contribution in [0, 0.1) is 5.92 Å². The van der Waals surface area contributed by atoms with Gasteiger partial charge in [0.2, 0.25) is 0 Å². The molecule has 0 spiro atoms. The molecule has 2 aliphatic rings. The molecule has 0 aromatic rings. The average Bonchev–Trinajstić information content (AvgIpc) is 2.74.